The van der Waals surface area contributed by atoms with E-state index >= 15 is 0 Å². The second kappa shape index (κ2) is 5.13. The smallest absolute Gasteiger partial charge is 0.0641 e. The van der Waals surface area contributed by atoms with Crippen molar-refractivity contribution in [2.45, 2.75) is 26.9 Å². The van der Waals surface area contributed by atoms with E-state index in [0.717, 1.165) is 18.8 Å². The lowest BCUT2D eigenvalue weighted by atomic mass is 10.1. The number of rotatable bonds is 4. The molecular formula is C16H20N4. The van der Waals surface area contributed by atoms with E-state index in [1.54, 1.807) is 0 Å². The molecule has 0 spiro atoms. The molecule has 3 aromatic rings. The topological polar surface area (TPSA) is 45.6 Å². The number of aryl methyl sites for hydroxylation is 2. The Labute approximate surface area is 118 Å². The summed E-state index contributed by atoms with van der Waals surface area (Å²) < 4.78 is 1.94. The zero-order valence-corrected chi connectivity index (χ0v) is 12.2. The summed E-state index contributed by atoms with van der Waals surface area (Å²) in [7, 11) is 1.99. The highest BCUT2D eigenvalue weighted by Gasteiger charge is 2.08. The molecule has 20 heavy (non-hydrogen) atoms. The van der Waals surface area contributed by atoms with Gasteiger partial charge in [0.25, 0.3) is 0 Å². The number of aromatic nitrogens is 3. The van der Waals surface area contributed by atoms with Crippen LogP contribution in [0.5, 0.6) is 0 Å². The van der Waals surface area contributed by atoms with Crippen LogP contribution in [0.1, 0.15) is 22.5 Å². The third-order valence-electron chi connectivity index (χ3n) is 3.91. The second-order valence-electron chi connectivity index (χ2n) is 5.28. The third-order valence-corrected chi connectivity index (χ3v) is 3.91. The molecule has 2 N–H and O–H groups in total. The number of nitrogens with zero attached hydrogens (tertiary/aromatic N) is 2. The normalized spacial score (nSPS) is 11.3. The summed E-state index contributed by atoms with van der Waals surface area (Å²) in [5, 5.41) is 9.21. The number of benzene rings is 1. The summed E-state index contributed by atoms with van der Waals surface area (Å²) in [5.74, 6) is 0. The van der Waals surface area contributed by atoms with Crippen LogP contribution in [0.4, 0.5) is 0 Å². The monoisotopic (exact) mass is 268 g/mol. The molecule has 0 aliphatic heterocycles. The van der Waals surface area contributed by atoms with Crippen molar-refractivity contribution < 1.29 is 0 Å². The lowest BCUT2D eigenvalue weighted by Gasteiger charge is -2.06. The Bertz CT molecular complexity index is 736. The van der Waals surface area contributed by atoms with E-state index in [1.807, 2.05) is 17.9 Å². The SMILES string of the molecule is Cc1nn(C)c(C)c1CNCc1ccc2[nH]ccc2c1. The van der Waals surface area contributed by atoms with E-state index < -0.39 is 0 Å². The zero-order valence-electron chi connectivity index (χ0n) is 12.2. The van der Waals surface area contributed by atoms with E-state index in [0.29, 0.717) is 0 Å². The van der Waals surface area contributed by atoms with Gasteiger partial charge in [-0.1, -0.05) is 6.07 Å². The van der Waals surface area contributed by atoms with Gasteiger partial charge in [0.2, 0.25) is 0 Å². The Kier molecular flexibility index (Phi) is 3.32. The molecule has 2 aromatic heterocycles. The molecule has 2 heterocycles. The molecular weight excluding hydrogens is 248 g/mol. The van der Waals surface area contributed by atoms with Crippen molar-refractivity contribution in [1.82, 2.24) is 20.1 Å². The average molecular weight is 268 g/mol. The molecule has 0 fully saturated rings. The largest absolute Gasteiger partial charge is 0.361 e. The maximum atomic E-state index is 4.44. The van der Waals surface area contributed by atoms with Crippen molar-refractivity contribution in [1.29, 1.82) is 0 Å². The van der Waals surface area contributed by atoms with E-state index in [4.69, 9.17) is 0 Å². The predicted octanol–water partition coefficient (Wildman–Crippen LogP) is 2.81. The van der Waals surface area contributed by atoms with E-state index in [1.165, 1.54) is 27.7 Å². The van der Waals surface area contributed by atoms with Gasteiger partial charge in [-0.2, -0.15) is 5.10 Å². The molecule has 3 rings (SSSR count). The summed E-state index contributed by atoms with van der Waals surface area (Å²) in [6.45, 7) is 5.91. The van der Waals surface area contributed by atoms with Crippen molar-refractivity contribution in [3.63, 3.8) is 0 Å². The fourth-order valence-corrected chi connectivity index (χ4v) is 2.62. The van der Waals surface area contributed by atoms with Crippen LogP contribution in [-0.2, 0) is 20.1 Å². The standard InChI is InChI=1S/C16H20N4/c1-11-15(12(2)20(3)19-11)10-17-9-13-4-5-16-14(8-13)6-7-18-16/h4-8,17-18H,9-10H2,1-3H3. The van der Waals surface area contributed by atoms with E-state index in [9.17, 15) is 0 Å². The highest BCUT2D eigenvalue weighted by molar-refractivity contribution is 5.79. The van der Waals surface area contributed by atoms with Gasteiger partial charge in [0.1, 0.15) is 0 Å². The first-order valence-corrected chi connectivity index (χ1v) is 6.91. The molecule has 0 aliphatic rings. The van der Waals surface area contributed by atoms with Gasteiger partial charge in [0.15, 0.2) is 0 Å². The number of nitrogens with one attached hydrogen (secondary N) is 2. The van der Waals surface area contributed by atoms with Crippen molar-refractivity contribution in [2.24, 2.45) is 7.05 Å². The summed E-state index contributed by atoms with van der Waals surface area (Å²) >= 11 is 0. The minimum absolute atomic E-state index is 0.858. The van der Waals surface area contributed by atoms with Crippen LogP contribution in [0, 0.1) is 13.8 Å². The molecule has 0 radical (unpaired) electrons. The number of hydrogen-bond acceptors (Lipinski definition) is 2. The second-order valence-corrected chi connectivity index (χ2v) is 5.28. The third kappa shape index (κ3) is 2.34. The highest BCUT2D eigenvalue weighted by atomic mass is 15.3. The fraction of sp³-hybridized carbons (Fsp3) is 0.312. The molecule has 4 nitrogen and oxygen atoms in total. The Morgan fingerprint density at radius 2 is 2.05 bits per heavy atom. The lowest BCUT2D eigenvalue weighted by molar-refractivity contribution is 0.684. The van der Waals surface area contributed by atoms with Crippen molar-refractivity contribution >= 4 is 10.9 Å². The van der Waals surface area contributed by atoms with Crippen LogP contribution in [0.2, 0.25) is 0 Å². The molecule has 0 aliphatic carbocycles. The van der Waals surface area contributed by atoms with Crippen LogP contribution >= 0.6 is 0 Å². The highest BCUT2D eigenvalue weighted by Crippen LogP contribution is 2.15. The van der Waals surface area contributed by atoms with Gasteiger partial charge in [-0.25, -0.2) is 0 Å². The van der Waals surface area contributed by atoms with Crippen LogP contribution in [0.3, 0.4) is 0 Å². The first-order chi connectivity index (χ1) is 9.65. The molecule has 0 atom stereocenters. The molecule has 104 valence electrons. The number of H-pyrrole nitrogens is 1. The molecule has 0 saturated heterocycles. The molecule has 0 bridgehead atoms. The Hall–Kier alpha value is -2.07. The molecule has 0 unspecified atom stereocenters. The van der Waals surface area contributed by atoms with Gasteiger partial charge in [-0.3, -0.25) is 4.68 Å². The number of hydrogen-bond donors (Lipinski definition) is 2. The summed E-state index contributed by atoms with van der Waals surface area (Å²) in [6.07, 6.45) is 1.98. The van der Waals surface area contributed by atoms with Crippen molar-refractivity contribution in [3.8, 4) is 0 Å². The maximum absolute atomic E-state index is 4.44. The summed E-state index contributed by atoms with van der Waals surface area (Å²) in [4.78, 5) is 3.21. The molecule has 0 saturated carbocycles. The van der Waals surface area contributed by atoms with Crippen molar-refractivity contribution in [2.75, 3.05) is 0 Å². The van der Waals surface area contributed by atoms with Gasteiger partial charge in [0, 0.05) is 43.1 Å². The number of fused-ring (bicyclic) bond motifs is 1. The Balaban J connectivity index is 1.67. The number of aromatic amines is 1. The predicted molar refractivity (Wildman–Crippen MR) is 81.5 cm³/mol. The lowest BCUT2D eigenvalue weighted by Crippen LogP contribution is -2.13. The van der Waals surface area contributed by atoms with Crippen LogP contribution in [0.25, 0.3) is 10.9 Å². The summed E-state index contributed by atoms with van der Waals surface area (Å²) in [6, 6.07) is 8.62. The maximum Gasteiger partial charge on any atom is 0.0641 e. The van der Waals surface area contributed by atoms with Gasteiger partial charge in [0.05, 0.1) is 5.69 Å². The van der Waals surface area contributed by atoms with Crippen LogP contribution in [0.15, 0.2) is 30.5 Å². The van der Waals surface area contributed by atoms with Crippen LogP contribution < -0.4 is 5.32 Å². The first kappa shape index (κ1) is 12.9. The zero-order chi connectivity index (χ0) is 14.1. The quantitative estimate of drug-likeness (QED) is 0.764. The van der Waals surface area contributed by atoms with Gasteiger partial charge in [-0.05, 0) is 43.0 Å². The van der Waals surface area contributed by atoms with Gasteiger partial charge >= 0.3 is 0 Å². The summed E-state index contributed by atoms with van der Waals surface area (Å²) in [5.41, 5.74) is 6.13. The fourth-order valence-electron chi connectivity index (χ4n) is 2.62. The minimum atomic E-state index is 0.858. The Morgan fingerprint density at radius 1 is 1.20 bits per heavy atom. The molecule has 4 heteroatoms. The average Bonchev–Trinajstić information content (AvgIpc) is 2.98. The van der Waals surface area contributed by atoms with Gasteiger partial charge < -0.3 is 10.3 Å². The molecule has 0 amide bonds. The van der Waals surface area contributed by atoms with E-state index in [-0.39, 0.29) is 0 Å². The van der Waals surface area contributed by atoms with Gasteiger partial charge in [-0.15, -0.1) is 0 Å². The van der Waals surface area contributed by atoms with Crippen LogP contribution in [-0.4, -0.2) is 14.8 Å². The van der Waals surface area contributed by atoms with Crippen molar-refractivity contribution in [3.05, 3.63) is 53.0 Å². The van der Waals surface area contributed by atoms with E-state index in [2.05, 4.69) is 53.5 Å². The first-order valence-electron chi connectivity index (χ1n) is 6.91. The molecule has 1 aromatic carbocycles. The minimum Gasteiger partial charge on any atom is -0.361 e. The Morgan fingerprint density at radius 3 is 2.80 bits per heavy atom.